The monoisotopic (exact) mass is 386 g/mol. The molecule has 0 saturated heterocycles. The average molecular weight is 386 g/mol. The Labute approximate surface area is 158 Å². The van der Waals surface area contributed by atoms with Crippen molar-refractivity contribution in [3.8, 4) is 17.1 Å². The van der Waals surface area contributed by atoms with Gasteiger partial charge in [-0.15, -0.1) is 16.8 Å². The average Bonchev–Trinajstić information content (AvgIpc) is 3.05. The van der Waals surface area contributed by atoms with Crippen LogP contribution in [0.3, 0.4) is 0 Å². The van der Waals surface area contributed by atoms with Crippen LogP contribution in [0.1, 0.15) is 0 Å². The van der Waals surface area contributed by atoms with Gasteiger partial charge in [0.05, 0.1) is 28.6 Å². The fourth-order valence-electron chi connectivity index (χ4n) is 2.47. The Hall–Kier alpha value is -3.20. The molecule has 0 N–H and O–H groups in total. The molecule has 2 aromatic carbocycles. The quantitative estimate of drug-likeness (QED) is 0.341. The summed E-state index contributed by atoms with van der Waals surface area (Å²) in [7, 11) is 1.56. The molecular weight excluding hydrogens is 371 g/mol. The molecule has 3 rings (SSSR count). The molecule has 0 saturated carbocycles. The van der Waals surface area contributed by atoms with Crippen LogP contribution in [-0.2, 0) is 6.54 Å². The van der Waals surface area contributed by atoms with Crippen LogP contribution in [0.4, 0.5) is 10.1 Å². The van der Waals surface area contributed by atoms with Gasteiger partial charge in [0.25, 0.3) is 5.69 Å². The Balaban J connectivity index is 2.01. The van der Waals surface area contributed by atoms with Crippen molar-refractivity contribution in [1.82, 2.24) is 14.8 Å². The molecule has 0 spiro atoms. The first-order valence-corrected chi connectivity index (χ1v) is 8.66. The molecule has 0 radical (unpaired) electrons. The fourth-order valence-corrected chi connectivity index (χ4v) is 3.31. The second-order valence-electron chi connectivity index (χ2n) is 5.38. The number of nitrogens with zero attached hydrogens (tertiary/aromatic N) is 4. The van der Waals surface area contributed by atoms with Gasteiger partial charge in [0.15, 0.2) is 11.0 Å². The molecule has 27 heavy (non-hydrogen) atoms. The minimum atomic E-state index is -0.693. The Morgan fingerprint density at radius 1 is 1.33 bits per heavy atom. The van der Waals surface area contributed by atoms with Gasteiger partial charge in [-0.1, -0.05) is 18.2 Å². The van der Waals surface area contributed by atoms with E-state index in [1.165, 1.54) is 12.1 Å². The fraction of sp³-hybridized carbons (Fsp3) is 0.111. The normalized spacial score (nSPS) is 10.6. The Morgan fingerprint density at radius 2 is 2.11 bits per heavy atom. The molecule has 0 aliphatic rings. The number of hydrogen-bond acceptors (Lipinski definition) is 6. The third kappa shape index (κ3) is 3.82. The number of ether oxygens (including phenoxy) is 1. The van der Waals surface area contributed by atoms with E-state index in [2.05, 4.69) is 16.8 Å². The second kappa shape index (κ2) is 8.00. The van der Waals surface area contributed by atoms with Crippen molar-refractivity contribution < 1.29 is 14.1 Å². The maximum atomic E-state index is 14.2. The lowest BCUT2D eigenvalue weighted by atomic mass is 10.2. The molecule has 9 heteroatoms. The summed E-state index contributed by atoms with van der Waals surface area (Å²) >= 11 is 1.03. The molecule has 0 unspecified atom stereocenters. The SMILES string of the molecule is C=CCn1c(Sc2ccc([N+](=O)[O-])cc2F)nnc1-c1ccccc1OC. The van der Waals surface area contributed by atoms with Crippen LogP contribution in [0, 0.1) is 15.9 Å². The highest BCUT2D eigenvalue weighted by molar-refractivity contribution is 7.99. The van der Waals surface area contributed by atoms with Crippen LogP contribution in [-0.4, -0.2) is 26.8 Å². The lowest BCUT2D eigenvalue weighted by Crippen LogP contribution is -2.02. The van der Waals surface area contributed by atoms with Crippen molar-refractivity contribution in [2.75, 3.05) is 7.11 Å². The van der Waals surface area contributed by atoms with Gasteiger partial charge in [0.1, 0.15) is 11.6 Å². The molecule has 7 nitrogen and oxygen atoms in total. The number of benzene rings is 2. The van der Waals surface area contributed by atoms with Crippen LogP contribution in [0.15, 0.2) is 65.2 Å². The zero-order valence-electron chi connectivity index (χ0n) is 14.3. The van der Waals surface area contributed by atoms with Crippen LogP contribution in [0.2, 0.25) is 0 Å². The van der Waals surface area contributed by atoms with E-state index in [0.29, 0.717) is 23.3 Å². The van der Waals surface area contributed by atoms with Crippen molar-refractivity contribution >= 4 is 17.4 Å². The molecule has 0 aliphatic carbocycles. The van der Waals surface area contributed by atoms with Crippen molar-refractivity contribution in [3.63, 3.8) is 0 Å². The van der Waals surface area contributed by atoms with Crippen LogP contribution in [0.5, 0.6) is 5.75 Å². The zero-order valence-corrected chi connectivity index (χ0v) is 15.1. The summed E-state index contributed by atoms with van der Waals surface area (Å²) in [5.41, 5.74) is 0.435. The van der Waals surface area contributed by atoms with E-state index in [-0.39, 0.29) is 10.6 Å². The minimum absolute atomic E-state index is 0.213. The molecule has 1 heterocycles. The molecular formula is C18H15FN4O3S. The van der Waals surface area contributed by atoms with Crippen molar-refractivity contribution in [3.05, 3.63) is 71.1 Å². The lowest BCUT2D eigenvalue weighted by molar-refractivity contribution is -0.385. The second-order valence-corrected chi connectivity index (χ2v) is 6.39. The number of nitro groups is 1. The number of rotatable bonds is 7. The van der Waals surface area contributed by atoms with E-state index < -0.39 is 10.7 Å². The first-order valence-electron chi connectivity index (χ1n) is 7.84. The number of halogens is 1. The molecule has 0 fully saturated rings. The van der Waals surface area contributed by atoms with E-state index in [0.717, 1.165) is 23.4 Å². The van der Waals surface area contributed by atoms with E-state index >= 15 is 0 Å². The molecule has 0 atom stereocenters. The summed E-state index contributed by atoms with van der Waals surface area (Å²) in [6.45, 7) is 4.14. The van der Waals surface area contributed by atoms with Crippen molar-refractivity contribution in [2.24, 2.45) is 0 Å². The van der Waals surface area contributed by atoms with Crippen LogP contribution < -0.4 is 4.74 Å². The molecule has 138 valence electrons. The third-order valence-corrected chi connectivity index (χ3v) is 4.74. The number of allylic oxidation sites excluding steroid dienone is 1. The van der Waals surface area contributed by atoms with Gasteiger partial charge in [-0.05, 0) is 30.0 Å². The number of methoxy groups -OCH3 is 1. The summed E-state index contributed by atoms with van der Waals surface area (Å²) in [5.74, 6) is 0.492. The largest absolute Gasteiger partial charge is 0.496 e. The van der Waals surface area contributed by atoms with E-state index in [1.807, 2.05) is 24.3 Å². The van der Waals surface area contributed by atoms with Gasteiger partial charge in [0.2, 0.25) is 0 Å². The van der Waals surface area contributed by atoms with Crippen molar-refractivity contribution in [2.45, 2.75) is 16.6 Å². The van der Waals surface area contributed by atoms with E-state index in [9.17, 15) is 14.5 Å². The van der Waals surface area contributed by atoms with Gasteiger partial charge >= 0.3 is 0 Å². The van der Waals surface area contributed by atoms with E-state index in [1.54, 1.807) is 17.8 Å². The van der Waals surface area contributed by atoms with Gasteiger partial charge in [-0.3, -0.25) is 14.7 Å². The Kier molecular flexibility index (Phi) is 5.51. The van der Waals surface area contributed by atoms with Gasteiger partial charge in [-0.25, -0.2) is 4.39 Å². The van der Waals surface area contributed by atoms with Crippen molar-refractivity contribution in [1.29, 1.82) is 0 Å². The van der Waals surface area contributed by atoms with Crippen LogP contribution >= 0.6 is 11.8 Å². The van der Waals surface area contributed by atoms with Gasteiger partial charge < -0.3 is 4.74 Å². The number of para-hydroxylation sites is 1. The summed E-state index contributed by atoms with van der Waals surface area (Å²) in [5, 5.41) is 19.6. The Bertz CT molecular complexity index is 1010. The molecule has 0 bridgehead atoms. The van der Waals surface area contributed by atoms with Gasteiger partial charge in [-0.2, -0.15) is 0 Å². The maximum Gasteiger partial charge on any atom is 0.272 e. The smallest absolute Gasteiger partial charge is 0.272 e. The first-order chi connectivity index (χ1) is 13.0. The Morgan fingerprint density at radius 3 is 2.78 bits per heavy atom. The standard InChI is InChI=1S/C18H15FN4O3S/c1-3-10-22-17(13-6-4-5-7-15(13)26-2)20-21-18(22)27-16-9-8-12(23(24)25)11-14(16)19/h3-9,11H,1,10H2,2H3. The third-order valence-electron chi connectivity index (χ3n) is 3.70. The number of hydrogen-bond donors (Lipinski definition) is 0. The minimum Gasteiger partial charge on any atom is -0.496 e. The number of aromatic nitrogens is 3. The summed E-state index contributed by atoms with van der Waals surface area (Å²) in [4.78, 5) is 10.3. The molecule has 0 amide bonds. The highest BCUT2D eigenvalue weighted by Crippen LogP contribution is 2.35. The summed E-state index contributed by atoms with van der Waals surface area (Å²) in [6, 6.07) is 10.9. The lowest BCUT2D eigenvalue weighted by Gasteiger charge is -2.10. The first kappa shape index (κ1) is 18.6. The molecule has 0 aliphatic heterocycles. The number of non-ortho nitro benzene ring substituents is 1. The highest BCUT2D eigenvalue weighted by Gasteiger charge is 2.19. The highest BCUT2D eigenvalue weighted by atomic mass is 32.2. The predicted molar refractivity (Wildman–Crippen MR) is 99.4 cm³/mol. The predicted octanol–water partition coefficient (Wildman–Crippen LogP) is 4.34. The molecule has 1 aromatic heterocycles. The topological polar surface area (TPSA) is 83.1 Å². The zero-order chi connectivity index (χ0) is 19.4. The van der Waals surface area contributed by atoms with Gasteiger partial charge in [0, 0.05) is 12.6 Å². The van der Waals surface area contributed by atoms with E-state index in [4.69, 9.17) is 4.74 Å². The maximum absolute atomic E-state index is 14.2. The summed E-state index contributed by atoms with van der Waals surface area (Å²) in [6.07, 6.45) is 1.68. The summed E-state index contributed by atoms with van der Waals surface area (Å²) < 4.78 is 21.4. The molecule has 3 aromatic rings. The van der Waals surface area contributed by atoms with Crippen LogP contribution in [0.25, 0.3) is 11.4 Å². The number of nitro benzene ring substituents is 1.